The van der Waals surface area contributed by atoms with Crippen LogP contribution in [0.5, 0.6) is 0 Å². The molecule has 3 heteroatoms. The van der Waals surface area contributed by atoms with Crippen LogP contribution in [0.1, 0.15) is 17.0 Å². The molecular formula is C15H12INO. The van der Waals surface area contributed by atoms with Crippen molar-refractivity contribution < 1.29 is 4.79 Å². The number of rotatable bonds is 1. The molecule has 2 nitrogen and oxygen atoms in total. The Hall–Kier alpha value is -1.36. The summed E-state index contributed by atoms with van der Waals surface area (Å²) in [7, 11) is 1.84. The summed E-state index contributed by atoms with van der Waals surface area (Å²) in [6, 6.07) is 16.1. The van der Waals surface area contributed by atoms with Gasteiger partial charge in [0, 0.05) is 16.3 Å². The Morgan fingerprint density at radius 3 is 2.56 bits per heavy atom. The summed E-state index contributed by atoms with van der Waals surface area (Å²) >= 11 is 2.29. The number of nitrogens with zero attached hydrogens (tertiary/aromatic N) is 1. The molecule has 1 atom stereocenters. The minimum Gasteiger partial charge on any atom is -0.314 e. The van der Waals surface area contributed by atoms with E-state index in [4.69, 9.17) is 0 Å². The topological polar surface area (TPSA) is 20.3 Å². The van der Waals surface area contributed by atoms with Crippen molar-refractivity contribution in [3.63, 3.8) is 0 Å². The number of hydrogen-bond acceptors (Lipinski definition) is 1. The molecule has 18 heavy (non-hydrogen) atoms. The number of likely N-dealkylation sites (N-methyl/N-ethyl adjacent to an activating group) is 1. The summed E-state index contributed by atoms with van der Waals surface area (Å²) in [4.78, 5) is 14.2. The predicted octanol–water partition coefficient (Wildman–Crippen LogP) is 3.40. The first kappa shape index (κ1) is 11.7. The molecule has 2 aromatic carbocycles. The van der Waals surface area contributed by atoms with Gasteiger partial charge >= 0.3 is 0 Å². The lowest BCUT2D eigenvalue weighted by Gasteiger charge is -2.11. The molecular weight excluding hydrogens is 337 g/mol. The molecule has 3 rings (SSSR count). The van der Waals surface area contributed by atoms with Crippen LogP contribution in [-0.2, 0) is 4.79 Å². The summed E-state index contributed by atoms with van der Waals surface area (Å²) in [6.45, 7) is 0. The summed E-state index contributed by atoms with van der Waals surface area (Å²) in [5, 5.41) is 0. The molecule has 1 aliphatic rings. The van der Waals surface area contributed by atoms with E-state index in [-0.39, 0.29) is 11.8 Å². The van der Waals surface area contributed by atoms with E-state index in [1.54, 1.807) is 4.90 Å². The van der Waals surface area contributed by atoms with Crippen LogP contribution in [0.3, 0.4) is 0 Å². The van der Waals surface area contributed by atoms with E-state index in [9.17, 15) is 4.79 Å². The van der Waals surface area contributed by atoms with Gasteiger partial charge in [-0.25, -0.2) is 0 Å². The Balaban J connectivity index is 2.18. The number of amides is 1. The summed E-state index contributed by atoms with van der Waals surface area (Å²) in [5.41, 5.74) is 3.20. The quantitative estimate of drug-likeness (QED) is 0.723. The van der Waals surface area contributed by atoms with Crippen LogP contribution in [0.25, 0.3) is 0 Å². The third-order valence-corrected chi connectivity index (χ3v) is 4.04. The number of benzene rings is 2. The lowest BCUT2D eigenvalue weighted by Crippen LogP contribution is -2.24. The fourth-order valence-electron chi connectivity index (χ4n) is 2.48. The lowest BCUT2D eigenvalue weighted by atomic mass is 9.93. The van der Waals surface area contributed by atoms with E-state index in [2.05, 4.69) is 28.7 Å². The van der Waals surface area contributed by atoms with Crippen molar-refractivity contribution in [3.05, 3.63) is 63.2 Å². The van der Waals surface area contributed by atoms with Crippen LogP contribution >= 0.6 is 22.6 Å². The molecule has 0 aromatic heterocycles. The molecule has 0 radical (unpaired) electrons. The smallest absolute Gasteiger partial charge is 0.238 e. The second-order valence-corrected chi connectivity index (χ2v) is 5.69. The molecule has 0 saturated carbocycles. The number of carbonyl (C=O) groups excluding carboxylic acids is 1. The molecule has 2 aromatic rings. The molecule has 0 saturated heterocycles. The minimum atomic E-state index is -0.152. The molecule has 0 spiro atoms. The van der Waals surface area contributed by atoms with Crippen molar-refractivity contribution in [1.82, 2.24) is 0 Å². The second kappa shape index (κ2) is 4.39. The van der Waals surface area contributed by atoms with E-state index in [1.165, 1.54) is 0 Å². The second-order valence-electron chi connectivity index (χ2n) is 4.44. The van der Waals surface area contributed by atoms with Gasteiger partial charge in [-0.05, 0) is 51.9 Å². The van der Waals surface area contributed by atoms with Gasteiger partial charge in [-0.1, -0.05) is 30.3 Å². The normalized spacial score (nSPS) is 18.0. The maximum Gasteiger partial charge on any atom is 0.238 e. The van der Waals surface area contributed by atoms with E-state index in [1.807, 2.05) is 49.5 Å². The number of carbonyl (C=O) groups is 1. The molecule has 1 heterocycles. The van der Waals surface area contributed by atoms with Gasteiger partial charge in [-0.15, -0.1) is 0 Å². The zero-order valence-corrected chi connectivity index (χ0v) is 12.1. The van der Waals surface area contributed by atoms with Gasteiger partial charge in [0.2, 0.25) is 5.91 Å². The highest BCUT2D eigenvalue weighted by Crippen LogP contribution is 2.40. The summed E-state index contributed by atoms with van der Waals surface area (Å²) < 4.78 is 1.16. The molecule has 0 N–H and O–H groups in total. The van der Waals surface area contributed by atoms with Gasteiger partial charge in [0.15, 0.2) is 0 Å². The van der Waals surface area contributed by atoms with Gasteiger partial charge in [0.05, 0.1) is 5.92 Å². The Morgan fingerprint density at radius 1 is 1.11 bits per heavy atom. The van der Waals surface area contributed by atoms with E-state index < -0.39 is 0 Å². The molecule has 1 amide bonds. The van der Waals surface area contributed by atoms with Crippen molar-refractivity contribution in [2.75, 3.05) is 11.9 Å². The predicted molar refractivity (Wildman–Crippen MR) is 80.9 cm³/mol. The Morgan fingerprint density at radius 2 is 1.83 bits per heavy atom. The maximum absolute atomic E-state index is 12.4. The highest BCUT2D eigenvalue weighted by atomic mass is 127. The van der Waals surface area contributed by atoms with Crippen LogP contribution in [0.4, 0.5) is 5.69 Å². The SMILES string of the molecule is CN1C(=O)C(c2ccccc2)c2cc(I)ccc21. The van der Waals surface area contributed by atoms with Crippen molar-refractivity contribution >= 4 is 34.2 Å². The van der Waals surface area contributed by atoms with Gasteiger partial charge in [0.25, 0.3) is 0 Å². The average Bonchev–Trinajstić information content (AvgIpc) is 2.63. The van der Waals surface area contributed by atoms with Crippen LogP contribution < -0.4 is 4.90 Å². The molecule has 1 aliphatic heterocycles. The zero-order valence-electron chi connectivity index (χ0n) is 9.93. The fourth-order valence-corrected chi connectivity index (χ4v) is 2.99. The Labute approximate surface area is 120 Å². The third-order valence-electron chi connectivity index (χ3n) is 3.37. The third kappa shape index (κ3) is 1.73. The molecule has 0 bridgehead atoms. The highest BCUT2D eigenvalue weighted by molar-refractivity contribution is 14.1. The lowest BCUT2D eigenvalue weighted by molar-refractivity contribution is -0.118. The standard InChI is InChI=1S/C15H12INO/c1-17-13-8-7-11(16)9-12(13)14(15(17)18)10-5-3-2-4-6-10/h2-9,14H,1H3. The molecule has 0 fully saturated rings. The fraction of sp³-hybridized carbons (Fsp3) is 0.133. The van der Waals surface area contributed by atoms with Crippen LogP contribution in [0, 0.1) is 3.57 Å². The van der Waals surface area contributed by atoms with Crippen molar-refractivity contribution in [3.8, 4) is 0 Å². The zero-order chi connectivity index (χ0) is 12.7. The first-order chi connectivity index (χ1) is 8.68. The number of hydrogen-bond donors (Lipinski definition) is 0. The largest absolute Gasteiger partial charge is 0.314 e. The summed E-state index contributed by atoms with van der Waals surface area (Å²) in [6.07, 6.45) is 0. The van der Waals surface area contributed by atoms with Crippen molar-refractivity contribution in [1.29, 1.82) is 0 Å². The van der Waals surface area contributed by atoms with Crippen LogP contribution in [-0.4, -0.2) is 13.0 Å². The molecule has 90 valence electrons. The van der Waals surface area contributed by atoms with E-state index >= 15 is 0 Å². The van der Waals surface area contributed by atoms with E-state index in [0.717, 1.165) is 20.4 Å². The minimum absolute atomic E-state index is 0.151. The molecule has 1 unspecified atom stereocenters. The number of halogens is 1. The van der Waals surface area contributed by atoms with Crippen molar-refractivity contribution in [2.45, 2.75) is 5.92 Å². The monoisotopic (exact) mass is 349 g/mol. The van der Waals surface area contributed by atoms with E-state index in [0.29, 0.717) is 0 Å². The van der Waals surface area contributed by atoms with Gasteiger partial charge in [0.1, 0.15) is 0 Å². The number of anilines is 1. The molecule has 0 aliphatic carbocycles. The first-order valence-corrected chi connectivity index (χ1v) is 6.88. The highest BCUT2D eigenvalue weighted by Gasteiger charge is 2.36. The first-order valence-electron chi connectivity index (χ1n) is 5.80. The van der Waals surface area contributed by atoms with Gasteiger partial charge < -0.3 is 4.90 Å². The summed E-state index contributed by atoms with van der Waals surface area (Å²) in [5.74, 6) is -0.000819. The Bertz CT molecular complexity index is 609. The maximum atomic E-state index is 12.4. The Kier molecular flexibility index (Phi) is 2.86. The van der Waals surface area contributed by atoms with Gasteiger partial charge in [-0.2, -0.15) is 0 Å². The van der Waals surface area contributed by atoms with Crippen LogP contribution in [0.15, 0.2) is 48.5 Å². The van der Waals surface area contributed by atoms with Crippen molar-refractivity contribution in [2.24, 2.45) is 0 Å². The average molecular weight is 349 g/mol. The van der Waals surface area contributed by atoms with Crippen LogP contribution in [0.2, 0.25) is 0 Å². The number of fused-ring (bicyclic) bond motifs is 1. The van der Waals surface area contributed by atoms with Gasteiger partial charge in [-0.3, -0.25) is 4.79 Å².